The number of hydrogen-bond donors (Lipinski definition) is 2. The minimum absolute atomic E-state index is 0.0822. The Morgan fingerprint density at radius 3 is 3.00 bits per heavy atom. The van der Waals surface area contributed by atoms with Crippen LogP contribution in [0.3, 0.4) is 0 Å². The van der Waals surface area contributed by atoms with Crippen molar-refractivity contribution < 1.29 is 4.39 Å². The van der Waals surface area contributed by atoms with Crippen LogP contribution >= 0.6 is 0 Å². The Bertz CT molecular complexity index is 163. The monoisotopic (exact) mass is 158 g/mol. The quantitative estimate of drug-likeness (QED) is 0.577. The van der Waals surface area contributed by atoms with Crippen molar-refractivity contribution in [3.63, 3.8) is 0 Å². The first-order valence-electron chi connectivity index (χ1n) is 3.96. The molecule has 1 heterocycles. The maximum Gasteiger partial charge on any atom is 0.141 e. The second kappa shape index (κ2) is 3.32. The van der Waals surface area contributed by atoms with Gasteiger partial charge in [-0.3, -0.25) is 0 Å². The molecule has 1 unspecified atom stereocenters. The summed E-state index contributed by atoms with van der Waals surface area (Å²) < 4.78 is 13.5. The van der Waals surface area contributed by atoms with Gasteiger partial charge < -0.3 is 11.1 Å². The molecule has 0 fully saturated rings. The van der Waals surface area contributed by atoms with Crippen LogP contribution in [0.25, 0.3) is 0 Å². The summed E-state index contributed by atoms with van der Waals surface area (Å²) in [5, 5.41) is 3.13. The van der Waals surface area contributed by atoms with Crippen LogP contribution in [0.5, 0.6) is 0 Å². The van der Waals surface area contributed by atoms with Gasteiger partial charge in [0.15, 0.2) is 0 Å². The van der Waals surface area contributed by atoms with Crippen LogP contribution in [0.2, 0.25) is 0 Å². The van der Waals surface area contributed by atoms with Gasteiger partial charge in [0.1, 0.15) is 5.67 Å². The molecule has 0 bridgehead atoms. The van der Waals surface area contributed by atoms with Gasteiger partial charge in [-0.05, 0) is 25.5 Å². The molecular formula is C8H15FN2. The fraction of sp³-hybridized carbons (Fsp3) is 0.750. The lowest BCUT2D eigenvalue weighted by atomic mass is 9.93. The van der Waals surface area contributed by atoms with Crippen LogP contribution in [0.15, 0.2) is 11.6 Å². The third-order valence-electron chi connectivity index (χ3n) is 2.12. The van der Waals surface area contributed by atoms with E-state index in [-0.39, 0.29) is 6.54 Å². The fourth-order valence-corrected chi connectivity index (χ4v) is 1.23. The van der Waals surface area contributed by atoms with Gasteiger partial charge in [0.05, 0.1) is 0 Å². The van der Waals surface area contributed by atoms with Gasteiger partial charge in [-0.15, -0.1) is 0 Å². The Morgan fingerprint density at radius 2 is 2.55 bits per heavy atom. The predicted molar refractivity (Wildman–Crippen MR) is 44.1 cm³/mol. The van der Waals surface area contributed by atoms with Gasteiger partial charge >= 0.3 is 0 Å². The first kappa shape index (κ1) is 8.68. The molecule has 1 rings (SSSR count). The molecule has 0 aliphatic carbocycles. The van der Waals surface area contributed by atoms with Crippen molar-refractivity contribution >= 4 is 0 Å². The molecule has 0 spiro atoms. The first-order chi connectivity index (χ1) is 5.17. The van der Waals surface area contributed by atoms with Crippen LogP contribution < -0.4 is 11.1 Å². The molecule has 64 valence electrons. The molecule has 3 N–H and O–H groups in total. The Kier molecular flexibility index (Phi) is 2.62. The molecule has 2 nitrogen and oxygen atoms in total. The SMILES string of the molecule is CC(F)(CN)C1=CCNCC1. The molecule has 3 heteroatoms. The summed E-state index contributed by atoms with van der Waals surface area (Å²) >= 11 is 0. The predicted octanol–water partition coefficient (Wildman–Crippen LogP) is 0.593. The maximum atomic E-state index is 13.5. The Morgan fingerprint density at radius 1 is 1.82 bits per heavy atom. The topological polar surface area (TPSA) is 38.0 Å². The zero-order valence-corrected chi connectivity index (χ0v) is 6.86. The lowest BCUT2D eigenvalue weighted by Gasteiger charge is -2.25. The molecule has 0 aromatic heterocycles. The minimum atomic E-state index is -1.29. The normalized spacial score (nSPS) is 24.1. The molecule has 1 atom stereocenters. The van der Waals surface area contributed by atoms with Crippen molar-refractivity contribution in [2.24, 2.45) is 5.73 Å². The van der Waals surface area contributed by atoms with Crippen LogP contribution in [0.4, 0.5) is 4.39 Å². The summed E-state index contributed by atoms with van der Waals surface area (Å²) in [6, 6.07) is 0. The first-order valence-corrected chi connectivity index (χ1v) is 3.96. The Balaban J connectivity index is 2.64. The van der Waals surface area contributed by atoms with Gasteiger partial charge in [-0.25, -0.2) is 4.39 Å². The fourth-order valence-electron chi connectivity index (χ4n) is 1.23. The van der Waals surface area contributed by atoms with Crippen LogP contribution in [0.1, 0.15) is 13.3 Å². The molecule has 0 saturated heterocycles. The van der Waals surface area contributed by atoms with E-state index in [4.69, 9.17) is 5.73 Å². The van der Waals surface area contributed by atoms with Crippen molar-refractivity contribution in [3.8, 4) is 0 Å². The third kappa shape index (κ3) is 2.01. The molecule has 0 aromatic rings. The molecule has 11 heavy (non-hydrogen) atoms. The van der Waals surface area contributed by atoms with Crippen LogP contribution in [0, 0.1) is 0 Å². The number of rotatable bonds is 2. The van der Waals surface area contributed by atoms with E-state index in [0.29, 0.717) is 0 Å². The molecule has 1 aliphatic heterocycles. The van der Waals surface area contributed by atoms with Gasteiger partial charge in [0.2, 0.25) is 0 Å². The second-order valence-electron chi connectivity index (χ2n) is 3.09. The van der Waals surface area contributed by atoms with Crippen molar-refractivity contribution in [2.75, 3.05) is 19.6 Å². The Hall–Kier alpha value is -0.410. The van der Waals surface area contributed by atoms with Gasteiger partial charge in [0, 0.05) is 13.1 Å². The highest BCUT2D eigenvalue weighted by Crippen LogP contribution is 2.23. The summed E-state index contributed by atoms with van der Waals surface area (Å²) in [6.45, 7) is 3.27. The van der Waals surface area contributed by atoms with Crippen molar-refractivity contribution in [1.29, 1.82) is 0 Å². The molecule has 0 amide bonds. The van der Waals surface area contributed by atoms with Crippen molar-refractivity contribution in [1.82, 2.24) is 5.32 Å². The molecule has 0 saturated carbocycles. The van der Waals surface area contributed by atoms with E-state index < -0.39 is 5.67 Å². The van der Waals surface area contributed by atoms with E-state index in [1.807, 2.05) is 6.08 Å². The van der Waals surface area contributed by atoms with Gasteiger partial charge in [0.25, 0.3) is 0 Å². The highest BCUT2D eigenvalue weighted by Gasteiger charge is 2.26. The lowest BCUT2D eigenvalue weighted by Crippen LogP contribution is -2.35. The smallest absolute Gasteiger partial charge is 0.141 e. The maximum absolute atomic E-state index is 13.5. The van der Waals surface area contributed by atoms with E-state index in [9.17, 15) is 4.39 Å². The largest absolute Gasteiger partial charge is 0.327 e. The summed E-state index contributed by atoms with van der Waals surface area (Å²) in [4.78, 5) is 0. The van der Waals surface area contributed by atoms with E-state index in [1.165, 1.54) is 0 Å². The average molecular weight is 158 g/mol. The standard InChI is InChI=1S/C8H15FN2/c1-8(9,6-10)7-2-4-11-5-3-7/h2,11H,3-6,10H2,1H3. The number of nitrogens with two attached hydrogens (primary N) is 1. The van der Waals surface area contributed by atoms with E-state index in [1.54, 1.807) is 6.92 Å². The number of nitrogens with one attached hydrogen (secondary N) is 1. The van der Waals surface area contributed by atoms with E-state index >= 15 is 0 Å². The van der Waals surface area contributed by atoms with Gasteiger partial charge in [-0.2, -0.15) is 0 Å². The summed E-state index contributed by atoms with van der Waals surface area (Å²) in [7, 11) is 0. The van der Waals surface area contributed by atoms with E-state index in [0.717, 1.165) is 25.1 Å². The zero-order valence-electron chi connectivity index (χ0n) is 6.86. The highest BCUT2D eigenvalue weighted by molar-refractivity contribution is 5.18. The van der Waals surface area contributed by atoms with Crippen molar-refractivity contribution in [3.05, 3.63) is 11.6 Å². The average Bonchev–Trinajstić information content (AvgIpc) is 2.06. The van der Waals surface area contributed by atoms with E-state index in [2.05, 4.69) is 5.32 Å². The molecule has 1 aliphatic rings. The Labute approximate surface area is 66.7 Å². The van der Waals surface area contributed by atoms with Crippen LogP contribution in [-0.2, 0) is 0 Å². The minimum Gasteiger partial charge on any atom is -0.327 e. The molecular weight excluding hydrogens is 143 g/mol. The third-order valence-corrected chi connectivity index (χ3v) is 2.12. The lowest BCUT2D eigenvalue weighted by molar-refractivity contribution is 0.240. The summed E-state index contributed by atoms with van der Waals surface area (Å²) in [6.07, 6.45) is 2.68. The summed E-state index contributed by atoms with van der Waals surface area (Å²) in [5.41, 5.74) is 4.86. The molecule has 0 aromatic carbocycles. The molecule has 0 radical (unpaired) electrons. The van der Waals surface area contributed by atoms with Gasteiger partial charge in [-0.1, -0.05) is 6.08 Å². The van der Waals surface area contributed by atoms with Crippen molar-refractivity contribution in [2.45, 2.75) is 19.0 Å². The number of halogens is 1. The number of hydrogen-bond acceptors (Lipinski definition) is 2. The second-order valence-corrected chi connectivity index (χ2v) is 3.09. The number of alkyl halides is 1. The van der Waals surface area contributed by atoms with Crippen LogP contribution in [-0.4, -0.2) is 25.3 Å². The highest BCUT2D eigenvalue weighted by atomic mass is 19.1. The summed E-state index contributed by atoms with van der Waals surface area (Å²) in [5.74, 6) is 0. The zero-order chi connectivity index (χ0) is 8.32.